The molecule has 7 nitrogen and oxygen atoms in total. The highest BCUT2D eigenvalue weighted by molar-refractivity contribution is 6.04. The molecular formula is C21H22N4O3. The van der Waals surface area contributed by atoms with Crippen molar-refractivity contribution in [2.75, 3.05) is 24.9 Å². The highest BCUT2D eigenvalue weighted by atomic mass is 16.5. The summed E-state index contributed by atoms with van der Waals surface area (Å²) < 4.78 is 10.7. The van der Waals surface area contributed by atoms with Gasteiger partial charge in [0.1, 0.15) is 29.3 Å². The highest BCUT2D eigenvalue weighted by Crippen LogP contribution is 2.28. The second-order valence-electron chi connectivity index (χ2n) is 6.28. The number of anilines is 3. The van der Waals surface area contributed by atoms with Gasteiger partial charge >= 0.3 is 0 Å². The lowest BCUT2D eigenvalue weighted by Gasteiger charge is -2.13. The molecule has 7 heteroatoms. The topological polar surface area (TPSA) is 85.4 Å². The molecule has 28 heavy (non-hydrogen) atoms. The average Bonchev–Trinajstić information content (AvgIpc) is 2.68. The van der Waals surface area contributed by atoms with Crippen LogP contribution in [-0.2, 0) is 0 Å². The monoisotopic (exact) mass is 378 g/mol. The van der Waals surface area contributed by atoms with Crippen LogP contribution in [0.1, 0.15) is 21.6 Å². The van der Waals surface area contributed by atoms with Gasteiger partial charge in [-0.25, -0.2) is 9.97 Å². The third kappa shape index (κ3) is 4.37. The Kier molecular flexibility index (Phi) is 5.74. The summed E-state index contributed by atoms with van der Waals surface area (Å²) in [4.78, 5) is 20.9. The number of hydrogen-bond acceptors (Lipinski definition) is 6. The third-order valence-corrected chi connectivity index (χ3v) is 4.12. The van der Waals surface area contributed by atoms with E-state index >= 15 is 0 Å². The summed E-state index contributed by atoms with van der Waals surface area (Å²) in [6, 6.07) is 12.9. The van der Waals surface area contributed by atoms with Crippen molar-refractivity contribution >= 4 is 23.1 Å². The van der Waals surface area contributed by atoms with Gasteiger partial charge in [-0.05, 0) is 49.2 Å². The Hall–Kier alpha value is -3.61. The van der Waals surface area contributed by atoms with E-state index in [0.717, 1.165) is 16.8 Å². The molecule has 0 fully saturated rings. The molecule has 0 unspecified atom stereocenters. The molecule has 144 valence electrons. The molecule has 1 amide bonds. The normalized spacial score (nSPS) is 10.3. The molecule has 0 aliphatic rings. The van der Waals surface area contributed by atoms with Gasteiger partial charge in [-0.1, -0.05) is 12.1 Å². The smallest absolute Gasteiger partial charge is 0.274 e. The molecule has 0 saturated heterocycles. The fraction of sp³-hybridized carbons (Fsp3) is 0.190. The van der Waals surface area contributed by atoms with Crippen molar-refractivity contribution in [2.24, 2.45) is 0 Å². The number of carbonyl (C=O) groups excluding carboxylic acids is 1. The van der Waals surface area contributed by atoms with Gasteiger partial charge in [0.25, 0.3) is 5.91 Å². The van der Waals surface area contributed by atoms with E-state index < -0.39 is 0 Å². The lowest BCUT2D eigenvalue weighted by atomic mass is 10.2. The summed E-state index contributed by atoms with van der Waals surface area (Å²) >= 11 is 0. The average molecular weight is 378 g/mol. The van der Waals surface area contributed by atoms with Crippen LogP contribution in [0.4, 0.5) is 17.2 Å². The fourth-order valence-electron chi connectivity index (χ4n) is 2.71. The van der Waals surface area contributed by atoms with Crippen LogP contribution >= 0.6 is 0 Å². The zero-order valence-corrected chi connectivity index (χ0v) is 16.2. The van der Waals surface area contributed by atoms with Crippen molar-refractivity contribution in [3.05, 3.63) is 65.6 Å². The van der Waals surface area contributed by atoms with E-state index in [4.69, 9.17) is 9.47 Å². The van der Waals surface area contributed by atoms with Crippen LogP contribution in [0.2, 0.25) is 0 Å². The Balaban J connectivity index is 1.83. The molecule has 0 aliphatic carbocycles. The van der Waals surface area contributed by atoms with Gasteiger partial charge in [-0.3, -0.25) is 4.79 Å². The minimum Gasteiger partial charge on any atom is -0.495 e. The van der Waals surface area contributed by atoms with E-state index in [1.54, 1.807) is 20.3 Å². The van der Waals surface area contributed by atoms with Crippen molar-refractivity contribution in [1.29, 1.82) is 0 Å². The predicted octanol–water partition coefficient (Wildman–Crippen LogP) is 4.11. The number of amides is 1. The van der Waals surface area contributed by atoms with Crippen molar-refractivity contribution in [1.82, 2.24) is 9.97 Å². The highest BCUT2D eigenvalue weighted by Gasteiger charge is 2.13. The summed E-state index contributed by atoms with van der Waals surface area (Å²) in [7, 11) is 3.16. The lowest BCUT2D eigenvalue weighted by Crippen LogP contribution is -2.15. The van der Waals surface area contributed by atoms with E-state index in [-0.39, 0.29) is 11.6 Å². The summed E-state index contributed by atoms with van der Waals surface area (Å²) in [5.74, 6) is 1.39. The van der Waals surface area contributed by atoms with Crippen LogP contribution in [0.3, 0.4) is 0 Å². The Bertz CT molecular complexity index is 1000. The molecule has 0 atom stereocenters. The van der Waals surface area contributed by atoms with Crippen LogP contribution in [-0.4, -0.2) is 30.1 Å². The summed E-state index contributed by atoms with van der Waals surface area (Å²) in [5, 5.41) is 6.01. The molecule has 0 bridgehead atoms. The van der Waals surface area contributed by atoms with E-state index in [2.05, 4.69) is 20.6 Å². The van der Waals surface area contributed by atoms with Crippen molar-refractivity contribution < 1.29 is 14.3 Å². The van der Waals surface area contributed by atoms with E-state index in [1.165, 1.54) is 6.33 Å². The molecule has 3 rings (SSSR count). The molecular weight excluding hydrogens is 356 g/mol. The van der Waals surface area contributed by atoms with Gasteiger partial charge in [0.15, 0.2) is 0 Å². The fourth-order valence-corrected chi connectivity index (χ4v) is 2.71. The number of aryl methyl sites for hydroxylation is 2. The van der Waals surface area contributed by atoms with Gasteiger partial charge < -0.3 is 20.1 Å². The van der Waals surface area contributed by atoms with Gasteiger partial charge in [-0.15, -0.1) is 0 Å². The molecule has 0 radical (unpaired) electrons. The number of nitrogens with one attached hydrogen (secondary N) is 2. The first-order valence-electron chi connectivity index (χ1n) is 8.70. The SMILES string of the molecule is COc1ccc(C)cc1NC(=O)c1cc(Nc2cc(C)ccc2OC)ncn1. The number of carbonyl (C=O) groups is 1. The maximum absolute atomic E-state index is 12.7. The zero-order valence-electron chi connectivity index (χ0n) is 16.2. The van der Waals surface area contributed by atoms with Crippen LogP contribution in [0, 0.1) is 13.8 Å². The Labute approximate surface area is 163 Å². The quantitative estimate of drug-likeness (QED) is 0.671. The van der Waals surface area contributed by atoms with Gasteiger partial charge in [0, 0.05) is 6.07 Å². The number of methoxy groups -OCH3 is 2. The van der Waals surface area contributed by atoms with Crippen LogP contribution in [0.5, 0.6) is 11.5 Å². The Morgan fingerprint density at radius 2 is 1.46 bits per heavy atom. The first kappa shape index (κ1) is 19.2. The second kappa shape index (κ2) is 8.39. The Morgan fingerprint density at radius 1 is 0.857 bits per heavy atom. The van der Waals surface area contributed by atoms with Crippen LogP contribution in [0.25, 0.3) is 0 Å². The number of benzene rings is 2. The number of ether oxygens (including phenoxy) is 2. The molecule has 2 aromatic carbocycles. The lowest BCUT2D eigenvalue weighted by molar-refractivity contribution is 0.102. The molecule has 0 aliphatic heterocycles. The van der Waals surface area contributed by atoms with Crippen molar-refractivity contribution in [3.8, 4) is 11.5 Å². The first-order chi connectivity index (χ1) is 13.5. The standard InChI is InChI=1S/C21H22N4O3/c1-13-5-7-18(27-3)15(9-13)24-20-11-17(22-12-23-20)21(26)25-16-10-14(2)6-8-19(16)28-4/h5-12H,1-4H3,(H,25,26)(H,22,23,24). The minimum absolute atomic E-state index is 0.229. The molecule has 2 N–H and O–H groups in total. The molecule has 0 saturated carbocycles. The van der Waals surface area contributed by atoms with Crippen LogP contribution < -0.4 is 20.1 Å². The summed E-state index contributed by atoms with van der Waals surface area (Å²) in [6.07, 6.45) is 1.34. The zero-order chi connectivity index (χ0) is 20.1. The van der Waals surface area contributed by atoms with Gasteiger partial charge in [0.05, 0.1) is 25.6 Å². The number of aromatic nitrogens is 2. The number of rotatable bonds is 6. The minimum atomic E-state index is -0.356. The summed E-state index contributed by atoms with van der Waals surface area (Å²) in [5.41, 5.74) is 3.65. The van der Waals surface area contributed by atoms with Crippen LogP contribution in [0.15, 0.2) is 48.8 Å². The largest absolute Gasteiger partial charge is 0.495 e. The second-order valence-corrected chi connectivity index (χ2v) is 6.28. The molecule has 1 aromatic heterocycles. The maximum Gasteiger partial charge on any atom is 0.274 e. The predicted molar refractivity (Wildman–Crippen MR) is 109 cm³/mol. The van der Waals surface area contributed by atoms with Gasteiger partial charge in [-0.2, -0.15) is 0 Å². The first-order valence-corrected chi connectivity index (χ1v) is 8.70. The summed E-state index contributed by atoms with van der Waals surface area (Å²) in [6.45, 7) is 3.93. The molecule has 0 spiro atoms. The van der Waals surface area contributed by atoms with E-state index in [1.807, 2.05) is 50.2 Å². The van der Waals surface area contributed by atoms with Crippen molar-refractivity contribution in [3.63, 3.8) is 0 Å². The van der Waals surface area contributed by atoms with Crippen molar-refractivity contribution in [2.45, 2.75) is 13.8 Å². The molecule has 1 heterocycles. The number of hydrogen-bond donors (Lipinski definition) is 2. The third-order valence-electron chi connectivity index (χ3n) is 4.12. The van der Waals surface area contributed by atoms with E-state index in [9.17, 15) is 4.79 Å². The van der Waals surface area contributed by atoms with E-state index in [0.29, 0.717) is 23.0 Å². The van der Waals surface area contributed by atoms with Gasteiger partial charge in [0.2, 0.25) is 0 Å². The molecule has 3 aromatic rings. The Morgan fingerprint density at radius 3 is 2.11 bits per heavy atom. The number of nitrogens with zero attached hydrogens (tertiary/aromatic N) is 2. The maximum atomic E-state index is 12.7.